The van der Waals surface area contributed by atoms with Crippen molar-refractivity contribution in [1.82, 2.24) is 15.3 Å². The molecule has 0 bridgehead atoms. The zero-order chi connectivity index (χ0) is 17.0. The van der Waals surface area contributed by atoms with Gasteiger partial charge in [-0.05, 0) is 24.6 Å². The Balaban J connectivity index is 1.95. The minimum absolute atomic E-state index is 0.270. The molecule has 1 aromatic heterocycles. The van der Waals surface area contributed by atoms with Gasteiger partial charge >= 0.3 is 5.97 Å². The quantitative estimate of drug-likeness (QED) is 0.648. The molecular formula is C15H15F2N3O3. The smallest absolute Gasteiger partial charge is 0.360 e. The number of hydrogen-bond acceptors (Lipinski definition) is 5. The first-order valence-corrected chi connectivity index (χ1v) is 6.87. The van der Waals surface area contributed by atoms with Gasteiger partial charge in [0.1, 0.15) is 17.2 Å². The van der Waals surface area contributed by atoms with Gasteiger partial charge in [0.05, 0.1) is 17.8 Å². The van der Waals surface area contributed by atoms with Gasteiger partial charge < -0.3 is 4.84 Å². The average Bonchev–Trinajstić information content (AvgIpc) is 2.90. The third-order valence-electron chi connectivity index (χ3n) is 3.09. The molecule has 122 valence electrons. The standard InChI is InChI=1S/C15H15F2N3O3/c1-3-13-11(8-20(2)19-13)15(22)23-18-7-14(21)10-6-9(16)4-5-12(10)17/h4-6,8,18H,3,7H2,1-2H3. The van der Waals surface area contributed by atoms with E-state index in [9.17, 15) is 18.4 Å². The fourth-order valence-electron chi connectivity index (χ4n) is 1.99. The molecule has 0 fully saturated rings. The number of benzene rings is 1. The molecule has 0 aliphatic carbocycles. The maximum Gasteiger partial charge on any atom is 0.360 e. The highest BCUT2D eigenvalue weighted by molar-refractivity contribution is 5.98. The van der Waals surface area contributed by atoms with Gasteiger partial charge in [-0.2, -0.15) is 5.10 Å². The van der Waals surface area contributed by atoms with Crippen LogP contribution in [-0.2, 0) is 18.3 Å². The molecule has 0 unspecified atom stereocenters. The second-order valence-electron chi connectivity index (χ2n) is 4.77. The topological polar surface area (TPSA) is 73.2 Å². The van der Waals surface area contributed by atoms with E-state index in [0.29, 0.717) is 12.1 Å². The maximum atomic E-state index is 13.4. The summed E-state index contributed by atoms with van der Waals surface area (Å²) in [5, 5.41) is 4.09. The summed E-state index contributed by atoms with van der Waals surface area (Å²) in [5.74, 6) is -3.01. The van der Waals surface area contributed by atoms with Crippen molar-refractivity contribution >= 4 is 11.8 Å². The van der Waals surface area contributed by atoms with Crippen LogP contribution in [0.3, 0.4) is 0 Å². The van der Waals surface area contributed by atoms with E-state index in [-0.39, 0.29) is 5.56 Å². The molecule has 0 amide bonds. The van der Waals surface area contributed by atoms with Crippen molar-refractivity contribution < 1.29 is 23.2 Å². The molecule has 0 saturated carbocycles. The number of carbonyl (C=O) groups excluding carboxylic acids is 2. The number of aromatic nitrogens is 2. The van der Waals surface area contributed by atoms with E-state index in [1.165, 1.54) is 10.9 Å². The lowest BCUT2D eigenvalue weighted by atomic mass is 10.1. The van der Waals surface area contributed by atoms with Gasteiger partial charge in [-0.3, -0.25) is 9.48 Å². The van der Waals surface area contributed by atoms with Crippen molar-refractivity contribution in [2.75, 3.05) is 6.54 Å². The molecule has 8 heteroatoms. The Bertz CT molecular complexity index is 744. The molecule has 1 aromatic carbocycles. The lowest BCUT2D eigenvalue weighted by molar-refractivity contribution is 0.0258. The highest BCUT2D eigenvalue weighted by Crippen LogP contribution is 2.11. The summed E-state index contributed by atoms with van der Waals surface area (Å²) in [6.07, 6.45) is 2.04. The van der Waals surface area contributed by atoms with Crippen molar-refractivity contribution in [2.45, 2.75) is 13.3 Å². The summed E-state index contributed by atoms with van der Waals surface area (Å²) >= 11 is 0. The van der Waals surface area contributed by atoms with Crippen LogP contribution in [0.2, 0.25) is 0 Å². The van der Waals surface area contributed by atoms with Crippen LogP contribution in [0.5, 0.6) is 0 Å². The van der Waals surface area contributed by atoms with E-state index in [2.05, 4.69) is 10.6 Å². The first kappa shape index (κ1) is 16.8. The predicted molar refractivity (Wildman–Crippen MR) is 76.7 cm³/mol. The van der Waals surface area contributed by atoms with Crippen LogP contribution in [0, 0.1) is 11.6 Å². The number of hydroxylamine groups is 1. The summed E-state index contributed by atoms with van der Waals surface area (Å²) in [7, 11) is 1.67. The molecule has 0 spiro atoms. The minimum atomic E-state index is -0.843. The SMILES string of the molecule is CCc1nn(C)cc1C(=O)ONCC(=O)c1cc(F)ccc1F. The number of nitrogens with one attached hydrogen (secondary N) is 1. The van der Waals surface area contributed by atoms with E-state index >= 15 is 0 Å². The molecule has 1 N–H and O–H groups in total. The second-order valence-corrected chi connectivity index (χ2v) is 4.77. The molecule has 0 saturated heterocycles. The molecule has 0 aliphatic heterocycles. The number of Topliss-reactive ketones (excluding diaryl/α,β-unsaturated/α-hetero) is 1. The summed E-state index contributed by atoms with van der Waals surface area (Å²) in [6, 6.07) is 2.56. The number of halogens is 2. The summed E-state index contributed by atoms with van der Waals surface area (Å²) in [5.41, 5.74) is 2.58. The Kier molecular flexibility index (Phi) is 5.17. The Morgan fingerprint density at radius 1 is 1.30 bits per heavy atom. The number of hydrogen-bond donors (Lipinski definition) is 1. The number of carbonyl (C=O) groups is 2. The molecule has 23 heavy (non-hydrogen) atoms. The van der Waals surface area contributed by atoms with Gasteiger partial charge in [-0.15, -0.1) is 5.48 Å². The Labute approximate surface area is 131 Å². The minimum Gasteiger partial charge on any atom is -0.366 e. The van der Waals surface area contributed by atoms with Crippen LogP contribution >= 0.6 is 0 Å². The molecule has 0 atom stereocenters. The van der Waals surface area contributed by atoms with E-state index in [1.807, 2.05) is 6.92 Å². The first-order valence-electron chi connectivity index (χ1n) is 6.87. The van der Waals surface area contributed by atoms with Gasteiger partial charge in [0.15, 0.2) is 5.78 Å². The lowest BCUT2D eigenvalue weighted by Gasteiger charge is -2.06. The van der Waals surface area contributed by atoms with Crippen LogP contribution in [-0.4, -0.2) is 28.1 Å². The normalized spacial score (nSPS) is 10.6. The van der Waals surface area contributed by atoms with E-state index in [1.54, 1.807) is 7.05 Å². The lowest BCUT2D eigenvalue weighted by Crippen LogP contribution is -2.27. The van der Waals surface area contributed by atoms with Crippen molar-refractivity contribution in [3.8, 4) is 0 Å². The van der Waals surface area contributed by atoms with Crippen LogP contribution in [0.4, 0.5) is 8.78 Å². The van der Waals surface area contributed by atoms with Crippen molar-refractivity contribution in [3.05, 3.63) is 52.9 Å². The van der Waals surface area contributed by atoms with E-state index in [4.69, 9.17) is 4.84 Å². The third kappa shape index (κ3) is 3.98. The summed E-state index contributed by atoms with van der Waals surface area (Å²) in [6.45, 7) is 1.36. The molecule has 0 aliphatic rings. The summed E-state index contributed by atoms with van der Waals surface area (Å²) < 4.78 is 27.9. The molecule has 2 aromatic rings. The fourth-order valence-corrected chi connectivity index (χ4v) is 1.99. The zero-order valence-corrected chi connectivity index (χ0v) is 12.6. The Morgan fingerprint density at radius 2 is 2.04 bits per heavy atom. The number of nitrogens with zero attached hydrogens (tertiary/aromatic N) is 2. The monoisotopic (exact) mass is 323 g/mol. The first-order chi connectivity index (χ1) is 10.9. The van der Waals surface area contributed by atoms with Crippen LogP contribution in [0.15, 0.2) is 24.4 Å². The molecule has 0 radical (unpaired) electrons. The number of ketones is 1. The van der Waals surface area contributed by atoms with Crippen LogP contribution in [0.1, 0.15) is 33.3 Å². The predicted octanol–water partition coefficient (Wildman–Crippen LogP) is 1.80. The second kappa shape index (κ2) is 7.10. The number of rotatable bonds is 6. The average molecular weight is 323 g/mol. The van der Waals surface area contributed by atoms with E-state index < -0.39 is 35.5 Å². The van der Waals surface area contributed by atoms with Crippen molar-refractivity contribution in [3.63, 3.8) is 0 Å². The Morgan fingerprint density at radius 3 is 2.74 bits per heavy atom. The van der Waals surface area contributed by atoms with E-state index in [0.717, 1.165) is 18.2 Å². The van der Waals surface area contributed by atoms with Crippen LogP contribution in [0.25, 0.3) is 0 Å². The largest absolute Gasteiger partial charge is 0.366 e. The van der Waals surface area contributed by atoms with Crippen LogP contribution < -0.4 is 5.48 Å². The van der Waals surface area contributed by atoms with Crippen molar-refractivity contribution in [1.29, 1.82) is 0 Å². The van der Waals surface area contributed by atoms with Gasteiger partial charge in [0.2, 0.25) is 0 Å². The maximum absolute atomic E-state index is 13.4. The number of aryl methyl sites for hydroxylation is 2. The molecular weight excluding hydrogens is 308 g/mol. The third-order valence-corrected chi connectivity index (χ3v) is 3.09. The van der Waals surface area contributed by atoms with Gasteiger partial charge in [0, 0.05) is 13.2 Å². The highest BCUT2D eigenvalue weighted by Gasteiger charge is 2.17. The van der Waals surface area contributed by atoms with Gasteiger partial charge in [0.25, 0.3) is 0 Å². The van der Waals surface area contributed by atoms with Gasteiger partial charge in [-0.25, -0.2) is 13.6 Å². The molecule has 2 rings (SSSR count). The Hall–Kier alpha value is -2.61. The highest BCUT2D eigenvalue weighted by atomic mass is 19.1. The van der Waals surface area contributed by atoms with Crippen molar-refractivity contribution in [2.24, 2.45) is 7.05 Å². The van der Waals surface area contributed by atoms with Gasteiger partial charge in [-0.1, -0.05) is 6.92 Å². The fraction of sp³-hybridized carbons (Fsp3) is 0.267. The zero-order valence-electron chi connectivity index (χ0n) is 12.6. The molecule has 1 heterocycles. The molecule has 6 nitrogen and oxygen atoms in total. The summed E-state index contributed by atoms with van der Waals surface area (Å²) in [4.78, 5) is 28.4.